The molecule has 0 aliphatic heterocycles. The zero-order valence-electron chi connectivity index (χ0n) is 9.17. The van der Waals surface area contributed by atoms with Crippen molar-refractivity contribution in [1.82, 2.24) is 9.97 Å². The summed E-state index contributed by atoms with van der Waals surface area (Å²) in [5.41, 5.74) is 2.76. The number of rotatable bonds is 3. The van der Waals surface area contributed by atoms with Crippen molar-refractivity contribution < 1.29 is 5.11 Å². The quantitative estimate of drug-likeness (QED) is 0.850. The Morgan fingerprint density at radius 1 is 1.12 bits per heavy atom. The van der Waals surface area contributed by atoms with E-state index in [9.17, 15) is 5.11 Å². The summed E-state index contributed by atoms with van der Waals surface area (Å²) in [7, 11) is 0. The molecule has 0 amide bonds. The Bertz CT molecular complexity index is 437. The van der Waals surface area contributed by atoms with Gasteiger partial charge in [-0.3, -0.25) is 9.97 Å². The minimum Gasteiger partial charge on any atom is -0.393 e. The summed E-state index contributed by atoms with van der Waals surface area (Å²) < 4.78 is 0. The molecule has 0 fully saturated rings. The highest BCUT2D eigenvalue weighted by atomic mass is 16.3. The van der Waals surface area contributed by atoms with E-state index in [-0.39, 0.29) is 6.10 Å². The molecule has 2 aromatic heterocycles. The van der Waals surface area contributed by atoms with Crippen LogP contribution in [-0.2, 0) is 6.42 Å². The number of nitrogens with zero attached hydrogens (tertiary/aromatic N) is 2. The number of pyridine rings is 2. The lowest BCUT2D eigenvalue weighted by molar-refractivity contribution is 0.195. The third-order valence-corrected chi connectivity index (χ3v) is 2.28. The molecule has 0 saturated heterocycles. The highest BCUT2D eigenvalue weighted by Gasteiger charge is 2.02. The van der Waals surface area contributed by atoms with Gasteiger partial charge in [-0.15, -0.1) is 0 Å². The predicted molar refractivity (Wildman–Crippen MR) is 62.9 cm³/mol. The number of aromatic nitrogens is 2. The molecule has 0 aliphatic carbocycles. The second-order valence-corrected chi connectivity index (χ2v) is 3.82. The van der Waals surface area contributed by atoms with Crippen LogP contribution in [-0.4, -0.2) is 21.2 Å². The van der Waals surface area contributed by atoms with Crippen molar-refractivity contribution in [3.8, 4) is 11.4 Å². The molecule has 3 nitrogen and oxygen atoms in total. The van der Waals surface area contributed by atoms with Crippen molar-refractivity contribution >= 4 is 0 Å². The van der Waals surface area contributed by atoms with Gasteiger partial charge >= 0.3 is 0 Å². The van der Waals surface area contributed by atoms with Gasteiger partial charge in [-0.25, -0.2) is 0 Å². The molecular formula is C13H14N2O. The summed E-state index contributed by atoms with van der Waals surface area (Å²) in [5.74, 6) is 0. The third kappa shape index (κ3) is 2.64. The van der Waals surface area contributed by atoms with Crippen molar-refractivity contribution in [3.05, 3.63) is 48.3 Å². The largest absolute Gasteiger partial charge is 0.393 e. The SMILES string of the molecule is CC(O)Cc1ccc(-c2ccccn2)nc1. The van der Waals surface area contributed by atoms with Gasteiger partial charge in [0.05, 0.1) is 17.5 Å². The third-order valence-electron chi connectivity index (χ3n) is 2.28. The number of hydrogen-bond donors (Lipinski definition) is 1. The summed E-state index contributed by atoms with van der Waals surface area (Å²) in [6.07, 6.45) is 3.84. The van der Waals surface area contributed by atoms with Crippen LogP contribution in [0.2, 0.25) is 0 Å². The molecule has 0 aromatic carbocycles. The first kappa shape index (κ1) is 10.8. The van der Waals surface area contributed by atoms with E-state index >= 15 is 0 Å². The van der Waals surface area contributed by atoms with Gasteiger partial charge in [0.1, 0.15) is 0 Å². The van der Waals surface area contributed by atoms with Gasteiger partial charge in [0, 0.05) is 12.4 Å². The zero-order chi connectivity index (χ0) is 11.4. The molecule has 0 radical (unpaired) electrons. The summed E-state index contributed by atoms with van der Waals surface area (Å²) in [6.45, 7) is 1.77. The normalized spacial score (nSPS) is 12.4. The fraction of sp³-hybridized carbons (Fsp3) is 0.231. The van der Waals surface area contributed by atoms with E-state index in [1.807, 2.05) is 30.3 Å². The van der Waals surface area contributed by atoms with Crippen molar-refractivity contribution in [1.29, 1.82) is 0 Å². The molecule has 0 spiro atoms. The van der Waals surface area contributed by atoms with Crippen LogP contribution in [0.25, 0.3) is 11.4 Å². The number of hydrogen-bond acceptors (Lipinski definition) is 3. The first-order chi connectivity index (χ1) is 7.75. The van der Waals surface area contributed by atoms with Crippen LogP contribution in [0, 0.1) is 0 Å². The van der Waals surface area contributed by atoms with Crippen molar-refractivity contribution in [2.45, 2.75) is 19.4 Å². The van der Waals surface area contributed by atoms with Gasteiger partial charge in [0.15, 0.2) is 0 Å². The lowest BCUT2D eigenvalue weighted by Gasteiger charge is -2.04. The average molecular weight is 214 g/mol. The van der Waals surface area contributed by atoms with E-state index in [0.717, 1.165) is 17.0 Å². The number of aliphatic hydroxyl groups excluding tert-OH is 1. The molecule has 16 heavy (non-hydrogen) atoms. The highest BCUT2D eigenvalue weighted by Crippen LogP contribution is 2.14. The molecular weight excluding hydrogens is 200 g/mol. The Kier molecular flexibility index (Phi) is 3.27. The van der Waals surface area contributed by atoms with Crippen LogP contribution >= 0.6 is 0 Å². The van der Waals surface area contributed by atoms with Gasteiger partial charge < -0.3 is 5.11 Å². The van der Waals surface area contributed by atoms with Gasteiger partial charge in [-0.2, -0.15) is 0 Å². The molecule has 0 bridgehead atoms. The topological polar surface area (TPSA) is 46.0 Å². The van der Waals surface area contributed by atoms with Crippen LogP contribution in [0.5, 0.6) is 0 Å². The Morgan fingerprint density at radius 3 is 2.50 bits per heavy atom. The molecule has 82 valence electrons. The lowest BCUT2D eigenvalue weighted by atomic mass is 10.1. The van der Waals surface area contributed by atoms with Crippen LogP contribution < -0.4 is 0 Å². The summed E-state index contributed by atoms with van der Waals surface area (Å²) in [6, 6.07) is 9.65. The molecule has 2 aromatic rings. The fourth-order valence-electron chi connectivity index (χ4n) is 1.55. The molecule has 2 heterocycles. The van der Waals surface area contributed by atoms with Crippen LogP contribution in [0.15, 0.2) is 42.7 Å². The van der Waals surface area contributed by atoms with Gasteiger partial charge in [0.25, 0.3) is 0 Å². The van der Waals surface area contributed by atoms with E-state index in [0.29, 0.717) is 6.42 Å². The Labute approximate surface area is 94.8 Å². The first-order valence-corrected chi connectivity index (χ1v) is 5.30. The molecule has 1 unspecified atom stereocenters. The predicted octanol–water partition coefficient (Wildman–Crippen LogP) is 2.07. The van der Waals surface area contributed by atoms with Gasteiger partial charge in [0.2, 0.25) is 0 Å². The van der Waals surface area contributed by atoms with Crippen LogP contribution in [0.1, 0.15) is 12.5 Å². The highest BCUT2D eigenvalue weighted by molar-refractivity contribution is 5.53. The molecule has 3 heteroatoms. The van der Waals surface area contributed by atoms with E-state index in [2.05, 4.69) is 9.97 Å². The molecule has 0 aliphatic rings. The maximum Gasteiger partial charge on any atom is 0.0886 e. The second kappa shape index (κ2) is 4.86. The van der Waals surface area contributed by atoms with Gasteiger partial charge in [-0.1, -0.05) is 12.1 Å². The first-order valence-electron chi connectivity index (χ1n) is 5.30. The van der Waals surface area contributed by atoms with Crippen LogP contribution in [0.4, 0.5) is 0 Å². The smallest absolute Gasteiger partial charge is 0.0886 e. The Morgan fingerprint density at radius 2 is 1.94 bits per heavy atom. The van der Waals surface area contributed by atoms with Crippen molar-refractivity contribution in [2.24, 2.45) is 0 Å². The minimum atomic E-state index is -0.331. The van der Waals surface area contributed by atoms with E-state index in [4.69, 9.17) is 0 Å². The van der Waals surface area contributed by atoms with E-state index < -0.39 is 0 Å². The summed E-state index contributed by atoms with van der Waals surface area (Å²) in [5, 5.41) is 9.25. The zero-order valence-corrected chi connectivity index (χ0v) is 9.17. The summed E-state index contributed by atoms with van der Waals surface area (Å²) >= 11 is 0. The molecule has 2 rings (SSSR count). The Balaban J connectivity index is 2.20. The molecule has 1 atom stereocenters. The average Bonchev–Trinajstić information content (AvgIpc) is 2.30. The maximum atomic E-state index is 9.25. The van der Waals surface area contributed by atoms with E-state index in [1.54, 1.807) is 19.3 Å². The monoisotopic (exact) mass is 214 g/mol. The molecule has 0 saturated carbocycles. The minimum absolute atomic E-state index is 0.331. The number of aliphatic hydroxyl groups is 1. The lowest BCUT2D eigenvalue weighted by Crippen LogP contribution is -2.04. The van der Waals surface area contributed by atoms with E-state index in [1.165, 1.54) is 0 Å². The van der Waals surface area contributed by atoms with Crippen LogP contribution in [0.3, 0.4) is 0 Å². The Hall–Kier alpha value is -1.74. The molecule has 1 N–H and O–H groups in total. The maximum absolute atomic E-state index is 9.25. The van der Waals surface area contributed by atoms with Crippen molar-refractivity contribution in [2.75, 3.05) is 0 Å². The fourth-order valence-corrected chi connectivity index (χ4v) is 1.55. The van der Waals surface area contributed by atoms with Crippen molar-refractivity contribution in [3.63, 3.8) is 0 Å². The standard InChI is InChI=1S/C13H14N2O/c1-10(16)8-11-5-6-13(15-9-11)12-4-2-3-7-14-12/h2-7,9-10,16H,8H2,1H3. The van der Waals surface area contributed by atoms with Gasteiger partial charge in [-0.05, 0) is 37.1 Å². The summed E-state index contributed by atoms with van der Waals surface area (Å²) in [4.78, 5) is 8.56. The second-order valence-electron chi connectivity index (χ2n) is 3.82.